The summed E-state index contributed by atoms with van der Waals surface area (Å²) in [6.07, 6.45) is 9.28. The van der Waals surface area contributed by atoms with Crippen molar-refractivity contribution in [1.82, 2.24) is 0 Å². The highest BCUT2D eigenvalue weighted by atomic mass is 32.1. The highest BCUT2D eigenvalue weighted by molar-refractivity contribution is 7.26. The Balaban J connectivity index is 0.652. The molecule has 0 amide bonds. The summed E-state index contributed by atoms with van der Waals surface area (Å²) in [7, 11) is 0. The van der Waals surface area contributed by atoms with Gasteiger partial charge in [-0.25, -0.2) is 0 Å². The minimum atomic E-state index is -0.282. The minimum absolute atomic E-state index is 0.0000624. The Labute approximate surface area is 753 Å². The molecule has 1 aromatic heterocycles. The van der Waals surface area contributed by atoms with Crippen LogP contribution in [0.4, 0.5) is 56.9 Å². The summed E-state index contributed by atoms with van der Waals surface area (Å²) in [6, 6.07) is 89.5. The van der Waals surface area contributed by atoms with E-state index in [1.165, 1.54) is 245 Å². The number of nitrogens with zero attached hydrogens (tertiary/aromatic N) is 4. The maximum atomic E-state index is 2.83. The van der Waals surface area contributed by atoms with Gasteiger partial charge in [-0.2, -0.15) is 0 Å². The van der Waals surface area contributed by atoms with Gasteiger partial charge in [0, 0.05) is 98.6 Å². The minimum Gasteiger partial charge on any atom is -0.376 e. The third-order valence-corrected chi connectivity index (χ3v) is 36.4. The first-order chi connectivity index (χ1) is 59.7. The van der Waals surface area contributed by atoms with Crippen LogP contribution in [0.5, 0.6) is 0 Å². The number of anilines is 10. The highest BCUT2D eigenvalue weighted by Gasteiger charge is 2.57. The lowest BCUT2D eigenvalue weighted by atomic mass is 9.42. The van der Waals surface area contributed by atoms with Crippen LogP contribution in [0.3, 0.4) is 0 Å². The fraction of sp³-hybridized carbons (Fsp3) is 0.345. The van der Waals surface area contributed by atoms with Crippen LogP contribution in [0.15, 0.2) is 218 Å². The Morgan fingerprint density at radius 3 is 1.08 bits per heavy atom. The number of thiophene rings is 1. The molecule has 0 fully saturated rings. The summed E-state index contributed by atoms with van der Waals surface area (Å²) in [6.45, 7) is 55.0. The van der Waals surface area contributed by atoms with E-state index >= 15 is 0 Å². The molecule has 11 aliphatic rings. The molecule has 4 nitrogen and oxygen atoms in total. The fourth-order valence-electron chi connectivity index (χ4n) is 27.1. The summed E-state index contributed by atoms with van der Waals surface area (Å²) in [5.74, 6) is 0. The van der Waals surface area contributed by atoms with E-state index in [2.05, 4.69) is 390 Å². The molecule has 0 bridgehead atoms. The standard InChI is InChI=1S/C119H118B2N4S/c1-109(2)48-52-113(9,10)85-62-94-76(57-81(85)109)102-101-74-32-26-27-33-78(74)117(17,18)91(101)66-99-104(102)120(92-36-28-35-80-107(92)123(99)97-65-88-84(61-90(97)119(80,21)22)112(7,8)51-55-116(88,15)16)125(94)72-45-42-68(43-46-72)67-38-40-69(41-39-67)70-44-47-73-75-59-98-105-103(108(75)126-100(73)56-70)77-58-82-86(114(11,12)53-49-110(82,3)4)63-95(77)124(71-30-24-23-25-31-71)121(105)93-37-29-34-79-106(93)122(98)96-64-87-83(60-89(96)118(79,19)20)111(5,6)50-54-115(87,13)14/h23-47,56-66H,48-55H2,1-22H3. The third-order valence-electron chi connectivity index (χ3n) is 35.2. The van der Waals surface area contributed by atoms with E-state index in [1.807, 2.05) is 11.3 Å². The van der Waals surface area contributed by atoms with Gasteiger partial charge in [-0.15, -0.1) is 11.3 Å². The van der Waals surface area contributed by atoms with E-state index in [9.17, 15) is 0 Å². The molecule has 0 spiro atoms. The van der Waals surface area contributed by atoms with Crippen molar-refractivity contribution in [3.8, 4) is 55.6 Å². The van der Waals surface area contributed by atoms with E-state index in [1.54, 1.807) is 0 Å². The quantitative estimate of drug-likeness (QED) is 0.163. The molecule has 7 heterocycles. The van der Waals surface area contributed by atoms with Gasteiger partial charge in [0.2, 0.25) is 0 Å². The maximum absolute atomic E-state index is 2.83. The lowest BCUT2D eigenvalue weighted by Gasteiger charge is -2.52. The highest BCUT2D eigenvalue weighted by Crippen LogP contribution is 2.66. The number of fused-ring (bicyclic) bond motifs is 24. The number of rotatable bonds is 4. The first kappa shape index (κ1) is 77.7. The summed E-state index contributed by atoms with van der Waals surface area (Å²) in [4.78, 5) is 11.2. The van der Waals surface area contributed by atoms with Crippen LogP contribution in [0, 0.1) is 0 Å². The molecule has 626 valence electrons. The van der Waals surface area contributed by atoms with E-state index < -0.39 is 0 Å². The Hall–Kier alpha value is -10.6. The van der Waals surface area contributed by atoms with Gasteiger partial charge >= 0.3 is 13.7 Å². The number of hydrogen-bond donors (Lipinski definition) is 0. The van der Waals surface area contributed by atoms with Crippen molar-refractivity contribution in [2.75, 3.05) is 19.4 Å². The Morgan fingerprint density at radius 2 is 0.603 bits per heavy atom. The molecule has 0 N–H and O–H groups in total. The van der Waals surface area contributed by atoms with Crippen molar-refractivity contribution < 1.29 is 0 Å². The van der Waals surface area contributed by atoms with Crippen molar-refractivity contribution in [2.24, 2.45) is 0 Å². The summed E-state index contributed by atoms with van der Waals surface area (Å²) >= 11 is 2.02. The molecule has 25 rings (SSSR count). The second kappa shape index (κ2) is 24.6. The van der Waals surface area contributed by atoms with Crippen molar-refractivity contribution in [1.29, 1.82) is 0 Å². The van der Waals surface area contributed by atoms with Gasteiger partial charge in [0.15, 0.2) is 0 Å². The molecule has 14 aromatic rings. The maximum Gasteiger partial charge on any atom is 0.333 e. The molecule has 13 aromatic carbocycles. The lowest BCUT2D eigenvalue weighted by molar-refractivity contribution is 0.331. The van der Waals surface area contributed by atoms with E-state index in [0.29, 0.717) is 0 Å². The van der Waals surface area contributed by atoms with Crippen LogP contribution < -0.4 is 41.3 Å². The third kappa shape index (κ3) is 10.1. The van der Waals surface area contributed by atoms with Gasteiger partial charge in [-0.1, -0.05) is 292 Å². The zero-order valence-electron chi connectivity index (χ0n) is 78.3. The first-order valence-electron chi connectivity index (χ1n) is 47.5. The van der Waals surface area contributed by atoms with E-state index in [4.69, 9.17) is 0 Å². The average Bonchev–Trinajstić information content (AvgIpc) is 1.15. The molecular weight excluding hydrogens is 1540 g/mol. The molecule has 0 saturated heterocycles. The molecule has 0 atom stereocenters. The predicted molar refractivity (Wildman–Crippen MR) is 541 cm³/mol. The summed E-state index contributed by atoms with van der Waals surface area (Å²) < 4.78 is 2.71. The SMILES string of the molecule is CC1(C)CCC(C)(C)c2cc3c(cc21)-c1c2c(cc4c1-c1ccccc1C4(C)C)N1c4cc5c(cc4C(C)(C)c4cccc(c41)B2N3c1ccc(-c2ccc(-c3ccc4c(c3)sc3c6c7c(cc34)N3c4cc8c(cc4C(C)(C)c4cccc(c43)B7N(c3ccccc3)c3cc4c(cc3-6)C(C)(C)CCC4(C)C)C(C)(C)CCC8(C)C)cc2)cc1)C(C)(C)CCC5(C)C. The first-order valence-corrected chi connectivity index (χ1v) is 48.3. The van der Waals surface area contributed by atoms with Gasteiger partial charge in [0.05, 0.1) is 11.4 Å². The molecule has 5 aliphatic carbocycles. The normalized spacial score (nSPS) is 20.5. The van der Waals surface area contributed by atoms with Crippen molar-refractivity contribution in [3.05, 3.63) is 296 Å². The van der Waals surface area contributed by atoms with Gasteiger partial charge in [0.25, 0.3) is 0 Å². The molecule has 7 heteroatoms. The summed E-state index contributed by atoms with van der Waals surface area (Å²) in [5, 5.41) is 2.66. The van der Waals surface area contributed by atoms with Gasteiger partial charge < -0.3 is 19.4 Å². The van der Waals surface area contributed by atoms with Crippen molar-refractivity contribution in [3.63, 3.8) is 0 Å². The molecule has 0 radical (unpaired) electrons. The number of benzene rings is 13. The zero-order valence-corrected chi connectivity index (χ0v) is 79.1. The van der Waals surface area contributed by atoms with Crippen LogP contribution in [0.25, 0.3) is 75.8 Å². The largest absolute Gasteiger partial charge is 0.376 e. The Bertz CT molecular complexity index is 7270. The molecular formula is C119H118B2N4S. The predicted octanol–water partition coefficient (Wildman–Crippen LogP) is 29.8. The van der Waals surface area contributed by atoms with E-state index in [0.717, 1.165) is 38.5 Å². The van der Waals surface area contributed by atoms with Crippen LogP contribution in [-0.2, 0) is 59.6 Å². The second-order valence-corrected chi connectivity index (χ2v) is 48.3. The fourth-order valence-corrected chi connectivity index (χ4v) is 28.3. The van der Waals surface area contributed by atoms with Crippen molar-refractivity contribution >= 4 is 124 Å². The smallest absolute Gasteiger partial charge is 0.333 e. The average molecular weight is 1660 g/mol. The topological polar surface area (TPSA) is 13.0 Å². The van der Waals surface area contributed by atoms with Gasteiger partial charge in [-0.05, 0) is 312 Å². The van der Waals surface area contributed by atoms with Crippen LogP contribution >= 0.6 is 11.3 Å². The van der Waals surface area contributed by atoms with Crippen molar-refractivity contribution in [2.45, 2.75) is 263 Å². The van der Waals surface area contributed by atoms with Crippen LogP contribution in [0.2, 0.25) is 0 Å². The molecule has 0 saturated carbocycles. The monoisotopic (exact) mass is 1660 g/mol. The zero-order chi connectivity index (χ0) is 87.0. The molecule has 126 heavy (non-hydrogen) atoms. The molecule has 0 unspecified atom stereocenters. The van der Waals surface area contributed by atoms with Gasteiger partial charge in [-0.3, -0.25) is 0 Å². The lowest BCUT2D eigenvalue weighted by Crippen LogP contribution is -2.63. The Morgan fingerprint density at radius 1 is 0.246 bits per heavy atom. The Kier molecular flexibility index (Phi) is 15.2. The van der Waals surface area contributed by atoms with Crippen LogP contribution in [-0.4, -0.2) is 13.7 Å². The second-order valence-electron chi connectivity index (χ2n) is 47.3. The van der Waals surface area contributed by atoms with Gasteiger partial charge in [0.1, 0.15) is 0 Å². The summed E-state index contributed by atoms with van der Waals surface area (Å²) in [5.41, 5.74) is 51.9. The van der Waals surface area contributed by atoms with E-state index in [-0.39, 0.29) is 73.3 Å². The molecule has 6 aliphatic heterocycles. The van der Waals surface area contributed by atoms with Crippen LogP contribution in [0.1, 0.15) is 282 Å². The number of hydrogen-bond acceptors (Lipinski definition) is 5. The number of para-hydroxylation sites is 3.